The average Bonchev–Trinajstić information content (AvgIpc) is 3.50. The van der Waals surface area contributed by atoms with E-state index in [0.717, 1.165) is 24.6 Å². The van der Waals surface area contributed by atoms with Gasteiger partial charge in [0.1, 0.15) is 21.7 Å². The van der Waals surface area contributed by atoms with E-state index < -0.39 is 28.5 Å². The molecule has 0 spiro atoms. The lowest BCUT2D eigenvalue weighted by molar-refractivity contribution is -0.119. The predicted octanol–water partition coefficient (Wildman–Crippen LogP) is 2.28. The number of rotatable bonds is 7. The van der Waals surface area contributed by atoms with Crippen molar-refractivity contribution in [1.82, 2.24) is 13.1 Å². The number of anilines is 1. The van der Waals surface area contributed by atoms with Crippen molar-refractivity contribution in [2.24, 2.45) is 0 Å². The number of carbonyl (C=O) groups excluding carboxylic acids is 2. The highest BCUT2D eigenvalue weighted by atomic mass is 32.2. The zero-order valence-corrected chi connectivity index (χ0v) is 18.7. The highest BCUT2D eigenvalue weighted by Gasteiger charge is 2.31. The molecule has 0 saturated carbocycles. The first kappa shape index (κ1) is 22.1. The molecule has 4 rings (SSSR count). The van der Waals surface area contributed by atoms with Crippen LogP contribution < -0.4 is 10.1 Å². The van der Waals surface area contributed by atoms with Crippen molar-refractivity contribution in [2.75, 3.05) is 32.1 Å². The molecular weight excluding hydrogens is 456 g/mol. The fourth-order valence-electron chi connectivity index (χ4n) is 3.38. The van der Waals surface area contributed by atoms with Gasteiger partial charge in [-0.15, -0.1) is 0 Å². The lowest BCUT2D eigenvalue weighted by Gasteiger charge is -2.18. The minimum Gasteiger partial charge on any atom is -0.495 e. The van der Waals surface area contributed by atoms with Crippen LogP contribution in [0.4, 0.5) is 5.69 Å². The Bertz CT molecular complexity index is 1270. The molecule has 2 aromatic carbocycles. The highest BCUT2D eigenvalue weighted by molar-refractivity contribution is 7.89. The molecule has 12 heteroatoms. The van der Waals surface area contributed by atoms with Gasteiger partial charge in [0, 0.05) is 13.1 Å². The first-order valence-corrected chi connectivity index (χ1v) is 11.9. The number of benzene rings is 2. The van der Waals surface area contributed by atoms with Crippen molar-refractivity contribution in [3.8, 4) is 5.75 Å². The van der Waals surface area contributed by atoms with Crippen LogP contribution in [0.3, 0.4) is 0 Å². The molecule has 0 atom stereocenters. The van der Waals surface area contributed by atoms with Gasteiger partial charge in [-0.1, -0.05) is 6.07 Å². The Morgan fingerprint density at radius 2 is 1.94 bits per heavy atom. The molecule has 1 aliphatic heterocycles. The van der Waals surface area contributed by atoms with Crippen LogP contribution in [0.15, 0.2) is 41.3 Å². The minimum absolute atomic E-state index is 0.00201. The van der Waals surface area contributed by atoms with Crippen molar-refractivity contribution in [2.45, 2.75) is 17.7 Å². The van der Waals surface area contributed by atoms with Crippen LogP contribution >= 0.6 is 11.7 Å². The quantitative estimate of drug-likeness (QED) is 0.515. The maximum atomic E-state index is 13.0. The summed E-state index contributed by atoms with van der Waals surface area (Å²) in [4.78, 5) is 24.7. The summed E-state index contributed by atoms with van der Waals surface area (Å²) in [6.45, 7) is 0.288. The van der Waals surface area contributed by atoms with E-state index in [9.17, 15) is 18.0 Å². The van der Waals surface area contributed by atoms with Crippen molar-refractivity contribution in [3.05, 3.63) is 42.0 Å². The molecule has 168 valence electrons. The summed E-state index contributed by atoms with van der Waals surface area (Å²) in [6, 6.07) is 9.17. The second-order valence-corrected chi connectivity index (χ2v) is 9.47. The predicted molar refractivity (Wildman–Crippen MR) is 117 cm³/mol. The highest BCUT2D eigenvalue weighted by Crippen LogP contribution is 2.30. The van der Waals surface area contributed by atoms with Gasteiger partial charge in [0.25, 0.3) is 5.91 Å². The molecule has 1 N–H and O–H groups in total. The van der Waals surface area contributed by atoms with E-state index in [1.54, 1.807) is 18.2 Å². The Kier molecular flexibility index (Phi) is 6.35. The average molecular weight is 477 g/mol. The maximum Gasteiger partial charge on any atom is 0.338 e. The number of aromatic nitrogens is 2. The monoisotopic (exact) mass is 476 g/mol. The second-order valence-electron chi connectivity index (χ2n) is 7.04. The summed E-state index contributed by atoms with van der Waals surface area (Å²) in [5, 5.41) is 2.63. The number of fused-ring (bicyclic) bond motifs is 1. The number of esters is 1. The van der Waals surface area contributed by atoms with E-state index in [-0.39, 0.29) is 16.2 Å². The van der Waals surface area contributed by atoms with Crippen molar-refractivity contribution < 1.29 is 27.5 Å². The summed E-state index contributed by atoms with van der Waals surface area (Å²) in [6.07, 6.45) is 1.56. The summed E-state index contributed by atoms with van der Waals surface area (Å²) in [7, 11) is -2.46. The molecule has 1 amide bonds. The number of carbonyl (C=O) groups is 2. The third-order valence-electron chi connectivity index (χ3n) is 4.98. The normalized spacial score (nSPS) is 14.4. The molecule has 0 unspecified atom stereocenters. The molecule has 2 heterocycles. The van der Waals surface area contributed by atoms with E-state index in [1.165, 1.54) is 29.6 Å². The van der Waals surface area contributed by atoms with Gasteiger partial charge in [0.15, 0.2) is 6.61 Å². The molecule has 10 nitrogen and oxygen atoms in total. The largest absolute Gasteiger partial charge is 0.495 e. The number of hydrogen-bond donors (Lipinski definition) is 1. The molecule has 1 fully saturated rings. The molecule has 1 aliphatic rings. The minimum atomic E-state index is -3.82. The first-order chi connectivity index (χ1) is 15.4. The van der Waals surface area contributed by atoms with Gasteiger partial charge in [-0.3, -0.25) is 4.79 Å². The van der Waals surface area contributed by atoms with Gasteiger partial charge in [-0.2, -0.15) is 13.1 Å². The third kappa shape index (κ3) is 4.42. The lowest BCUT2D eigenvalue weighted by atomic mass is 10.2. The Morgan fingerprint density at radius 1 is 1.16 bits per heavy atom. The second kappa shape index (κ2) is 9.18. The number of amides is 1. The zero-order chi connectivity index (χ0) is 22.7. The lowest BCUT2D eigenvalue weighted by Crippen LogP contribution is -2.28. The Hall–Kier alpha value is -3.09. The standard InChI is InChI=1S/C20H20N4O6S2/c1-29-16-8-7-13(11-17(16)32(27,28)24-9-2-3-10-24)20(26)30-12-18(25)21-14-5-4-6-15-19(14)23-31-22-15/h4-8,11H,2-3,9-10,12H2,1H3,(H,21,25). The van der Waals surface area contributed by atoms with Gasteiger partial charge >= 0.3 is 5.97 Å². The van der Waals surface area contributed by atoms with Gasteiger partial charge in [-0.05, 0) is 43.2 Å². The molecule has 1 saturated heterocycles. The fourth-order valence-corrected chi connectivity index (χ4v) is 5.63. The maximum absolute atomic E-state index is 13.0. The fraction of sp³-hybridized carbons (Fsp3) is 0.300. The van der Waals surface area contributed by atoms with E-state index >= 15 is 0 Å². The van der Waals surface area contributed by atoms with Crippen LogP contribution in [-0.2, 0) is 19.6 Å². The number of methoxy groups -OCH3 is 1. The van der Waals surface area contributed by atoms with Crippen LogP contribution in [0.5, 0.6) is 5.75 Å². The van der Waals surface area contributed by atoms with Crippen LogP contribution in [0.2, 0.25) is 0 Å². The van der Waals surface area contributed by atoms with Crippen molar-refractivity contribution >= 4 is 50.3 Å². The molecule has 0 aliphatic carbocycles. The zero-order valence-electron chi connectivity index (χ0n) is 17.1. The number of nitrogens with zero attached hydrogens (tertiary/aromatic N) is 3. The summed E-state index contributed by atoms with van der Waals surface area (Å²) < 4.78 is 45.8. The van der Waals surface area contributed by atoms with Crippen LogP contribution in [0, 0.1) is 0 Å². The number of sulfonamides is 1. The van der Waals surface area contributed by atoms with Gasteiger partial charge < -0.3 is 14.8 Å². The summed E-state index contributed by atoms with van der Waals surface area (Å²) in [5.41, 5.74) is 1.65. The molecule has 3 aromatic rings. The Balaban J connectivity index is 1.46. The van der Waals surface area contributed by atoms with Crippen LogP contribution in [0.1, 0.15) is 23.2 Å². The summed E-state index contributed by atoms with van der Waals surface area (Å²) >= 11 is 1.03. The van der Waals surface area contributed by atoms with E-state index in [1.807, 2.05) is 0 Å². The van der Waals surface area contributed by atoms with Crippen molar-refractivity contribution in [1.29, 1.82) is 0 Å². The van der Waals surface area contributed by atoms with E-state index in [0.29, 0.717) is 29.8 Å². The smallest absolute Gasteiger partial charge is 0.338 e. The number of ether oxygens (including phenoxy) is 2. The van der Waals surface area contributed by atoms with Crippen LogP contribution in [-0.4, -0.2) is 60.2 Å². The molecule has 32 heavy (non-hydrogen) atoms. The third-order valence-corrected chi connectivity index (χ3v) is 7.44. The van der Waals surface area contributed by atoms with Gasteiger partial charge in [0.2, 0.25) is 10.0 Å². The SMILES string of the molecule is COc1ccc(C(=O)OCC(=O)Nc2cccc3nsnc23)cc1S(=O)(=O)N1CCCC1. The molecule has 0 bridgehead atoms. The van der Waals surface area contributed by atoms with E-state index in [4.69, 9.17) is 9.47 Å². The van der Waals surface area contributed by atoms with Gasteiger partial charge in [-0.25, -0.2) is 13.2 Å². The summed E-state index contributed by atoms with van der Waals surface area (Å²) in [5.74, 6) is -1.25. The number of nitrogens with one attached hydrogen (secondary N) is 1. The first-order valence-electron chi connectivity index (χ1n) is 9.76. The Labute approximate surface area is 188 Å². The Morgan fingerprint density at radius 3 is 2.69 bits per heavy atom. The van der Waals surface area contributed by atoms with E-state index in [2.05, 4.69) is 14.1 Å². The van der Waals surface area contributed by atoms with Gasteiger partial charge in [0.05, 0.1) is 30.1 Å². The van der Waals surface area contributed by atoms with Crippen LogP contribution in [0.25, 0.3) is 11.0 Å². The molecule has 0 radical (unpaired) electrons. The topological polar surface area (TPSA) is 128 Å². The van der Waals surface area contributed by atoms with Crippen molar-refractivity contribution in [3.63, 3.8) is 0 Å². The number of hydrogen-bond acceptors (Lipinski definition) is 9. The molecular formula is C20H20N4O6S2. The molecule has 1 aromatic heterocycles.